The second-order valence-electron chi connectivity index (χ2n) is 5.20. The highest BCUT2D eigenvalue weighted by molar-refractivity contribution is 8.26. The molecule has 1 heterocycles. The van der Waals surface area contributed by atoms with Crippen LogP contribution in [-0.4, -0.2) is 50.3 Å². The molecule has 1 fully saturated rings. The van der Waals surface area contributed by atoms with Crippen molar-refractivity contribution in [1.29, 1.82) is 0 Å². The number of thiocarbonyl (C=S) groups is 1. The maximum absolute atomic E-state index is 12.4. The van der Waals surface area contributed by atoms with Crippen LogP contribution in [0.15, 0.2) is 29.2 Å². The van der Waals surface area contributed by atoms with E-state index >= 15 is 0 Å². The largest absolute Gasteiger partial charge is 0.508 e. The molecule has 1 saturated heterocycles. The number of benzene rings is 1. The van der Waals surface area contributed by atoms with Crippen LogP contribution in [0.25, 0.3) is 6.08 Å². The second kappa shape index (κ2) is 8.63. The lowest BCUT2D eigenvalue weighted by Gasteiger charge is -2.13. The monoisotopic (exact) mass is 380 g/mol. The maximum Gasteiger partial charge on any atom is 0.322 e. The first-order valence-electron chi connectivity index (χ1n) is 7.39. The van der Waals surface area contributed by atoms with Crippen LogP contribution in [0.1, 0.15) is 18.4 Å². The Morgan fingerprint density at radius 3 is 2.60 bits per heavy atom. The number of thioether (sulfide) groups is 1. The molecule has 25 heavy (non-hydrogen) atoms. The van der Waals surface area contributed by atoms with Gasteiger partial charge in [0.15, 0.2) is 0 Å². The summed E-state index contributed by atoms with van der Waals surface area (Å²) in [6, 6.07) is 6.44. The van der Waals surface area contributed by atoms with Crippen molar-refractivity contribution in [3.05, 3.63) is 34.7 Å². The summed E-state index contributed by atoms with van der Waals surface area (Å²) in [4.78, 5) is 36.1. The normalized spacial score (nSPS) is 15.7. The maximum atomic E-state index is 12.4. The Morgan fingerprint density at radius 1 is 1.28 bits per heavy atom. The Morgan fingerprint density at radius 2 is 1.96 bits per heavy atom. The van der Waals surface area contributed by atoms with Crippen LogP contribution in [0.4, 0.5) is 0 Å². The van der Waals surface area contributed by atoms with Crippen LogP contribution < -0.4 is 5.32 Å². The third-order valence-electron chi connectivity index (χ3n) is 3.29. The van der Waals surface area contributed by atoms with Crippen molar-refractivity contribution in [2.75, 3.05) is 13.1 Å². The summed E-state index contributed by atoms with van der Waals surface area (Å²) in [7, 11) is 0. The van der Waals surface area contributed by atoms with Gasteiger partial charge in [-0.05, 0) is 30.2 Å². The highest BCUT2D eigenvalue weighted by Gasteiger charge is 2.31. The van der Waals surface area contributed by atoms with Crippen molar-refractivity contribution in [2.45, 2.75) is 12.8 Å². The zero-order valence-electron chi connectivity index (χ0n) is 13.1. The van der Waals surface area contributed by atoms with E-state index in [9.17, 15) is 19.5 Å². The first-order valence-corrected chi connectivity index (χ1v) is 8.62. The molecule has 0 unspecified atom stereocenters. The van der Waals surface area contributed by atoms with Gasteiger partial charge in [0.05, 0.1) is 4.91 Å². The summed E-state index contributed by atoms with van der Waals surface area (Å²) in [5, 5.41) is 20.0. The molecule has 0 radical (unpaired) electrons. The minimum atomic E-state index is -1.11. The van der Waals surface area contributed by atoms with Crippen LogP contribution >= 0.6 is 24.0 Å². The highest BCUT2D eigenvalue weighted by atomic mass is 32.2. The van der Waals surface area contributed by atoms with Crippen LogP contribution in [-0.2, 0) is 14.4 Å². The lowest BCUT2D eigenvalue weighted by Crippen LogP contribution is -2.32. The van der Waals surface area contributed by atoms with E-state index in [1.807, 2.05) is 0 Å². The van der Waals surface area contributed by atoms with E-state index in [0.717, 1.165) is 5.56 Å². The summed E-state index contributed by atoms with van der Waals surface area (Å²) in [5.74, 6) is -1.57. The number of rotatable bonds is 7. The average molecular weight is 380 g/mol. The number of phenolic OH excluding ortho intramolecular Hbond substituents is 1. The van der Waals surface area contributed by atoms with E-state index in [4.69, 9.17) is 17.3 Å². The fourth-order valence-electron chi connectivity index (χ4n) is 2.08. The van der Waals surface area contributed by atoms with Crippen molar-refractivity contribution in [1.82, 2.24) is 10.2 Å². The van der Waals surface area contributed by atoms with E-state index in [2.05, 4.69) is 5.32 Å². The van der Waals surface area contributed by atoms with E-state index in [1.165, 1.54) is 28.8 Å². The van der Waals surface area contributed by atoms with E-state index < -0.39 is 12.5 Å². The molecule has 2 amide bonds. The fourth-order valence-corrected chi connectivity index (χ4v) is 3.38. The van der Waals surface area contributed by atoms with Gasteiger partial charge in [0, 0.05) is 13.0 Å². The molecule has 9 heteroatoms. The molecule has 0 spiro atoms. The Hall–Kier alpha value is -2.39. The smallest absolute Gasteiger partial charge is 0.322 e. The molecule has 0 saturated carbocycles. The Balaban J connectivity index is 1.89. The van der Waals surface area contributed by atoms with Crippen molar-refractivity contribution >= 4 is 52.2 Å². The standard InChI is InChI=1S/C16H16N2O5S2/c19-11-5-3-10(4-6-11)8-12-15(23)18(16(24)25-12)7-1-2-13(20)17-9-14(21)22/h3-6,8,19H,1-2,7,9H2,(H,17,20)(H,21,22)/b12-8-. The molecule has 1 aliphatic heterocycles. The number of nitrogens with zero attached hydrogens (tertiary/aromatic N) is 1. The Kier molecular flexibility index (Phi) is 6.54. The minimum absolute atomic E-state index is 0.112. The Bertz CT molecular complexity index is 731. The number of aliphatic carboxylic acids is 1. The van der Waals surface area contributed by atoms with E-state index in [-0.39, 0.29) is 30.5 Å². The number of carboxylic acids is 1. The third-order valence-corrected chi connectivity index (χ3v) is 4.66. The van der Waals surface area contributed by atoms with Gasteiger partial charge < -0.3 is 15.5 Å². The van der Waals surface area contributed by atoms with Gasteiger partial charge in [0.2, 0.25) is 5.91 Å². The van der Waals surface area contributed by atoms with Crippen molar-refractivity contribution in [3.8, 4) is 5.75 Å². The van der Waals surface area contributed by atoms with Crippen LogP contribution in [0.5, 0.6) is 5.75 Å². The number of carbonyl (C=O) groups is 3. The minimum Gasteiger partial charge on any atom is -0.508 e. The van der Waals surface area contributed by atoms with Crippen molar-refractivity contribution in [3.63, 3.8) is 0 Å². The van der Waals surface area contributed by atoms with Crippen molar-refractivity contribution in [2.24, 2.45) is 0 Å². The van der Waals surface area contributed by atoms with Crippen LogP contribution in [0, 0.1) is 0 Å². The average Bonchev–Trinajstić information content (AvgIpc) is 2.82. The number of amides is 2. The number of nitrogens with one attached hydrogen (secondary N) is 1. The summed E-state index contributed by atoms with van der Waals surface area (Å²) in [6.45, 7) is -0.132. The molecule has 2 rings (SSSR count). The van der Waals surface area contributed by atoms with Gasteiger partial charge in [-0.1, -0.05) is 36.1 Å². The van der Waals surface area contributed by atoms with E-state index in [1.54, 1.807) is 18.2 Å². The molecular formula is C16H16N2O5S2. The molecule has 3 N–H and O–H groups in total. The first kappa shape index (κ1) is 18.9. The summed E-state index contributed by atoms with van der Waals surface area (Å²) in [6.07, 6.45) is 2.18. The number of carbonyl (C=O) groups excluding carboxylic acids is 2. The molecule has 1 aromatic rings. The van der Waals surface area contributed by atoms with Crippen LogP contribution in [0.3, 0.4) is 0 Å². The van der Waals surface area contributed by atoms with Crippen molar-refractivity contribution < 1.29 is 24.6 Å². The number of hydrogen-bond acceptors (Lipinski definition) is 6. The predicted molar refractivity (Wildman–Crippen MR) is 97.9 cm³/mol. The molecule has 7 nitrogen and oxygen atoms in total. The van der Waals surface area contributed by atoms with Gasteiger partial charge in [-0.25, -0.2) is 0 Å². The number of phenols is 1. The highest BCUT2D eigenvalue weighted by Crippen LogP contribution is 2.32. The van der Waals surface area contributed by atoms with Gasteiger partial charge in [-0.15, -0.1) is 0 Å². The molecular weight excluding hydrogens is 364 g/mol. The molecule has 0 aromatic heterocycles. The van der Waals surface area contributed by atoms with Crippen LogP contribution in [0.2, 0.25) is 0 Å². The number of carboxylic acid groups (broad SMARTS) is 1. The molecule has 132 valence electrons. The summed E-state index contributed by atoms with van der Waals surface area (Å²) in [5.41, 5.74) is 0.770. The lowest BCUT2D eigenvalue weighted by atomic mass is 10.2. The van der Waals surface area contributed by atoms with Gasteiger partial charge in [-0.3, -0.25) is 19.3 Å². The molecule has 1 aliphatic rings. The Labute approximate surface area is 153 Å². The second-order valence-corrected chi connectivity index (χ2v) is 6.87. The molecule has 0 aliphatic carbocycles. The zero-order chi connectivity index (χ0) is 18.4. The van der Waals surface area contributed by atoms with Gasteiger partial charge in [-0.2, -0.15) is 0 Å². The van der Waals surface area contributed by atoms with E-state index in [0.29, 0.717) is 15.6 Å². The first-order chi connectivity index (χ1) is 11.9. The number of hydrogen-bond donors (Lipinski definition) is 3. The third kappa shape index (κ3) is 5.57. The summed E-state index contributed by atoms with van der Waals surface area (Å²) >= 11 is 6.39. The fraction of sp³-hybridized carbons (Fsp3) is 0.250. The molecule has 0 bridgehead atoms. The summed E-state index contributed by atoms with van der Waals surface area (Å²) < 4.78 is 0.418. The topological polar surface area (TPSA) is 107 Å². The molecule has 0 atom stereocenters. The van der Waals surface area contributed by atoms with Gasteiger partial charge in [0.25, 0.3) is 5.91 Å². The van der Waals surface area contributed by atoms with Gasteiger partial charge in [0.1, 0.15) is 16.6 Å². The SMILES string of the molecule is O=C(O)CNC(=O)CCCN1C(=O)/C(=C/c2ccc(O)cc2)SC1=S. The zero-order valence-corrected chi connectivity index (χ0v) is 14.7. The number of aromatic hydroxyl groups is 1. The lowest BCUT2D eigenvalue weighted by molar-refractivity contribution is -0.137. The molecule has 1 aromatic carbocycles. The quantitative estimate of drug-likeness (QED) is 0.487. The predicted octanol–water partition coefficient (Wildman–Crippen LogP) is 1.57. The van der Waals surface area contributed by atoms with Gasteiger partial charge >= 0.3 is 5.97 Å².